The van der Waals surface area contributed by atoms with Gasteiger partial charge in [0.15, 0.2) is 0 Å². The van der Waals surface area contributed by atoms with Gasteiger partial charge < -0.3 is 10.8 Å². The Balaban J connectivity index is 3.10. The maximum Gasteiger partial charge on any atom is 0.241 e. The highest BCUT2D eigenvalue weighted by Gasteiger charge is 2.03. The number of aromatic hydroxyl groups is 1. The number of carbonyl (C=O) groups excluding carboxylic acids is 1. The second kappa shape index (κ2) is 4.35. The third kappa shape index (κ3) is 2.65. The van der Waals surface area contributed by atoms with Crippen molar-refractivity contribution in [3.05, 3.63) is 33.8 Å². The molecule has 3 N–H and O–H groups in total. The number of hydrogen-bond acceptors (Lipinski definition) is 2. The Morgan fingerprint density at radius 1 is 1.36 bits per heavy atom. The van der Waals surface area contributed by atoms with E-state index in [4.69, 9.17) is 28.9 Å². The number of nitrogens with two attached hydrogens (primary N) is 1. The van der Waals surface area contributed by atoms with Crippen LogP contribution in [0.1, 0.15) is 5.56 Å². The van der Waals surface area contributed by atoms with Gasteiger partial charge in [0.05, 0.1) is 10.0 Å². The van der Waals surface area contributed by atoms with E-state index in [0.717, 1.165) is 6.08 Å². The number of carbonyl (C=O) groups is 1. The molecular weight excluding hydrogens is 225 g/mol. The van der Waals surface area contributed by atoms with E-state index in [1.54, 1.807) is 0 Å². The van der Waals surface area contributed by atoms with E-state index in [0.29, 0.717) is 10.6 Å². The summed E-state index contributed by atoms with van der Waals surface area (Å²) in [6.45, 7) is 0. The Hall–Kier alpha value is -1.19. The minimum Gasteiger partial charge on any atom is -0.507 e. The predicted octanol–water partition coefficient (Wildman–Crippen LogP) is 2.20. The summed E-state index contributed by atoms with van der Waals surface area (Å²) in [5.74, 6) is -0.660. The molecule has 0 unspecified atom stereocenters. The molecule has 0 aliphatic heterocycles. The van der Waals surface area contributed by atoms with Gasteiger partial charge in [0.1, 0.15) is 5.75 Å². The van der Waals surface area contributed by atoms with Gasteiger partial charge in [0, 0.05) is 17.7 Å². The summed E-state index contributed by atoms with van der Waals surface area (Å²) in [6.07, 6.45) is 2.49. The largest absolute Gasteiger partial charge is 0.507 e. The van der Waals surface area contributed by atoms with Gasteiger partial charge in [0.2, 0.25) is 5.91 Å². The summed E-state index contributed by atoms with van der Waals surface area (Å²) in [4.78, 5) is 10.4. The van der Waals surface area contributed by atoms with Gasteiger partial charge in [0.25, 0.3) is 0 Å². The monoisotopic (exact) mass is 231 g/mol. The van der Waals surface area contributed by atoms with Crippen LogP contribution in [0.5, 0.6) is 5.75 Å². The van der Waals surface area contributed by atoms with Gasteiger partial charge in [-0.05, 0) is 12.1 Å². The molecule has 14 heavy (non-hydrogen) atoms. The van der Waals surface area contributed by atoms with Crippen molar-refractivity contribution < 1.29 is 9.90 Å². The van der Waals surface area contributed by atoms with Gasteiger partial charge in [-0.1, -0.05) is 23.2 Å². The van der Waals surface area contributed by atoms with Crippen LogP contribution in [-0.4, -0.2) is 11.0 Å². The lowest BCUT2D eigenvalue weighted by molar-refractivity contribution is -0.113. The van der Waals surface area contributed by atoms with Crippen LogP contribution in [0.2, 0.25) is 10.0 Å². The lowest BCUT2D eigenvalue weighted by Gasteiger charge is -2.01. The third-order valence-electron chi connectivity index (χ3n) is 1.50. The van der Waals surface area contributed by atoms with Crippen molar-refractivity contribution in [2.45, 2.75) is 0 Å². The molecule has 0 aliphatic carbocycles. The van der Waals surface area contributed by atoms with Crippen LogP contribution in [-0.2, 0) is 4.79 Å². The minimum absolute atomic E-state index is 0.0584. The molecule has 1 aromatic rings. The van der Waals surface area contributed by atoms with Gasteiger partial charge in [-0.25, -0.2) is 0 Å². The topological polar surface area (TPSA) is 63.3 Å². The average Bonchev–Trinajstić information content (AvgIpc) is 2.09. The van der Waals surface area contributed by atoms with Crippen molar-refractivity contribution >= 4 is 35.2 Å². The molecule has 0 bridgehead atoms. The molecular formula is C9H7Cl2NO2. The molecule has 0 radical (unpaired) electrons. The second-order valence-corrected chi connectivity index (χ2v) is 3.38. The van der Waals surface area contributed by atoms with E-state index >= 15 is 0 Å². The molecule has 74 valence electrons. The molecule has 1 rings (SSSR count). The summed E-state index contributed by atoms with van der Waals surface area (Å²) in [7, 11) is 0. The van der Waals surface area contributed by atoms with E-state index in [2.05, 4.69) is 0 Å². The molecule has 0 aromatic heterocycles. The molecule has 1 amide bonds. The number of hydrogen-bond donors (Lipinski definition) is 2. The zero-order valence-electron chi connectivity index (χ0n) is 7.00. The first-order chi connectivity index (χ1) is 6.50. The summed E-state index contributed by atoms with van der Waals surface area (Å²) >= 11 is 11.3. The molecule has 0 aliphatic rings. The fourth-order valence-corrected chi connectivity index (χ4v) is 1.19. The first-order valence-corrected chi connectivity index (χ1v) is 4.42. The Bertz CT molecular complexity index is 402. The molecule has 0 fully saturated rings. The number of phenolic OH excluding ortho intramolecular Hbond substituents is 1. The third-order valence-corrected chi connectivity index (χ3v) is 2.22. The van der Waals surface area contributed by atoms with Crippen LogP contribution in [0.25, 0.3) is 6.08 Å². The zero-order chi connectivity index (χ0) is 10.7. The fraction of sp³-hybridized carbons (Fsp3) is 0. The normalized spacial score (nSPS) is 10.7. The summed E-state index contributed by atoms with van der Waals surface area (Å²) in [6, 6.07) is 2.74. The Morgan fingerprint density at radius 3 is 2.50 bits per heavy atom. The van der Waals surface area contributed by atoms with Crippen molar-refractivity contribution in [1.29, 1.82) is 0 Å². The van der Waals surface area contributed by atoms with Gasteiger partial charge >= 0.3 is 0 Å². The van der Waals surface area contributed by atoms with E-state index in [1.165, 1.54) is 18.2 Å². The molecule has 0 spiro atoms. The Kier molecular flexibility index (Phi) is 3.38. The van der Waals surface area contributed by atoms with E-state index in [-0.39, 0.29) is 10.8 Å². The molecule has 0 heterocycles. The molecule has 0 atom stereocenters. The number of phenols is 1. The highest BCUT2D eigenvalue weighted by molar-refractivity contribution is 6.42. The Labute approximate surface area is 90.7 Å². The van der Waals surface area contributed by atoms with Crippen molar-refractivity contribution in [2.75, 3.05) is 0 Å². The SMILES string of the molecule is NC(=O)/C=C/c1cc(Cl)c(Cl)cc1O. The summed E-state index contributed by atoms with van der Waals surface area (Å²) in [5.41, 5.74) is 5.28. The van der Waals surface area contributed by atoms with Crippen LogP contribution < -0.4 is 5.73 Å². The zero-order valence-corrected chi connectivity index (χ0v) is 8.51. The number of halogens is 2. The molecule has 3 nitrogen and oxygen atoms in total. The van der Waals surface area contributed by atoms with Gasteiger partial charge in [-0.3, -0.25) is 4.79 Å². The molecule has 0 saturated carbocycles. The number of rotatable bonds is 2. The van der Waals surface area contributed by atoms with Crippen molar-refractivity contribution in [3.63, 3.8) is 0 Å². The fourth-order valence-electron chi connectivity index (χ4n) is 0.857. The highest BCUT2D eigenvalue weighted by atomic mass is 35.5. The second-order valence-electron chi connectivity index (χ2n) is 2.56. The van der Waals surface area contributed by atoms with Crippen LogP contribution in [0.15, 0.2) is 18.2 Å². The number of amides is 1. The quantitative estimate of drug-likeness (QED) is 0.767. The van der Waals surface area contributed by atoms with Crippen molar-refractivity contribution in [2.24, 2.45) is 5.73 Å². The highest BCUT2D eigenvalue weighted by Crippen LogP contribution is 2.30. The van der Waals surface area contributed by atoms with Crippen LogP contribution in [0.4, 0.5) is 0 Å². The lowest BCUT2D eigenvalue weighted by Crippen LogP contribution is -2.05. The van der Waals surface area contributed by atoms with Gasteiger partial charge in [-0.2, -0.15) is 0 Å². The van der Waals surface area contributed by atoms with Crippen LogP contribution in [0, 0.1) is 0 Å². The number of primary amides is 1. The molecule has 5 heteroatoms. The predicted molar refractivity (Wildman–Crippen MR) is 56.4 cm³/mol. The van der Waals surface area contributed by atoms with Gasteiger partial charge in [-0.15, -0.1) is 0 Å². The number of benzene rings is 1. The first-order valence-electron chi connectivity index (χ1n) is 3.66. The van der Waals surface area contributed by atoms with E-state index < -0.39 is 5.91 Å². The summed E-state index contributed by atoms with van der Waals surface area (Å²) < 4.78 is 0. The minimum atomic E-state index is -0.601. The van der Waals surface area contributed by atoms with Crippen LogP contribution >= 0.6 is 23.2 Å². The standard InChI is InChI=1S/C9H7Cl2NO2/c10-6-3-5(1-2-9(12)14)8(13)4-7(6)11/h1-4,13H,(H2,12,14)/b2-1+. The Morgan fingerprint density at radius 2 is 1.93 bits per heavy atom. The van der Waals surface area contributed by atoms with E-state index in [1.807, 2.05) is 0 Å². The van der Waals surface area contributed by atoms with Crippen molar-refractivity contribution in [1.82, 2.24) is 0 Å². The lowest BCUT2D eigenvalue weighted by atomic mass is 10.2. The van der Waals surface area contributed by atoms with Crippen LogP contribution in [0.3, 0.4) is 0 Å². The molecule has 1 aromatic carbocycles. The summed E-state index contributed by atoms with van der Waals surface area (Å²) in [5, 5.41) is 9.93. The van der Waals surface area contributed by atoms with E-state index in [9.17, 15) is 9.90 Å². The van der Waals surface area contributed by atoms with Crippen molar-refractivity contribution in [3.8, 4) is 5.75 Å². The molecule has 0 saturated heterocycles. The first kappa shape index (κ1) is 10.9. The maximum absolute atomic E-state index is 10.4. The maximum atomic E-state index is 10.4. The average molecular weight is 232 g/mol. The smallest absolute Gasteiger partial charge is 0.241 e.